The Labute approximate surface area is 211 Å². The molecule has 0 atom stereocenters. The monoisotopic (exact) mass is 519 g/mol. The fraction of sp³-hybridized carbons (Fsp3) is 0.423. The maximum Gasteiger partial charge on any atom is 0.418 e. The number of nitrogens with zero attached hydrogens (tertiary/aromatic N) is 1. The second kappa shape index (κ2) is 11.1. The van der Waals surface area contributed by atoms with Gasteiger partial charge in [-0.15, -0.1) is 0 Å². The van der Waals surface area contributed by atoms with E-state index in [9.17, 15) is 27.6 Å². The zero-order valence-electron chi connectivity index (χ0n) is 20.0. The standard InChI is InChI=1S/C26H28F3N3O5/c27-26(28,29)21-3-1-2-4-22(21)31-24(35)30-19-8-7-18-15-32(12-11-17(18)14-19)25(36)37-20-9-5-16(6-10-20)13-23(33)34/h1-4,7-8,14,16,20H,5-6,9-13,15H2,(H,33,34)(H2,30,31,35)/t16-,20-. The molecule has 0 unspecified atom stereocenters. The van der Waals surface area contributed by atoms with E-state index in [1.165, 1.54) is 18.2 Å². The minimum absolute atomic E-state index is 0.124. The highest BCUT2D eigenvalue weighted by molar-refractivity contribution is 6.00. The summed E-state index contributed by atoms with van der Waals surface area (Å²) in [6.07, 6.45) is -1.80. The molecule has 1 heterocycles. The molecule has 3 amide bonds. The minimum atomic E-state index is -4.59. The Bertz CT molecular complexity index is 1160. The van der Waals surface area contributed by atoms with E-state index in [2.05, 4.69) is 10.6 Å². The van der Waals surface area contributed by atoms with Crippen LogP contribution in [0.2, 0.25) is 0 Å². The van der Waals surface area contributed by atoms with Crippen molar-refractivity contribution in [2.45, 2.75) is 57.3 Å². The molecule has 11 heteroatoms. The third-order valence-electron chi connectivity index (χ3n) is 6.74. The number of rotatable bonds is 5. The smallest absolute Gasteiger partial charge is 0.418 e. The number of halogens is 3. The van der Waals surface area contributed by atoms with Gasteiger partial charge in [-0.25, -0.2) is 9.59 Å². The average Bonchev–Trinajstić information content (AvgIpc) is 2.84. The van der Waals surface area contributed by atoms with Crippen LogP contribution in [0.5, 0.6) is 0 Å². The molecule has 0 bridgehead atoms. The van der Waals surface area contributed by atoms with Gasteiger partial charge >= 0.3 is 24.3 Å². The Hall–Kier alpha value is -3.76. The molecule has 2 aliphatic rings. The lowest BCUT2D eigenvalue weighted by atomic mass is 9.85. The second-order valence-electron chi connectivity index (χ2n) is 9.40. The van der Waals surface area contributed by atoms with Gasteiger partial charge in [-0.3, -0.25) is 4.79 Å². The van der Waals surface area contributed by atoms with Gasteiger partial charge in [-0.2, -0.15) is 13.2 Å². The summed E-state index contributed by atoms with van der Waals surface area (Å²) in [5.41, 5.74) is 0.967. The first kappa shape index (κ1) is 26.3. The predicted molar refractivity (Wildman–Crippen MR) is 129 cm³/mol. The third-order valence-corrected chi connectivity index (χ3v) is 6.74. The van der Waals surface area contributed by atoms with Gasteiger partial charge in [-0.05, 0) is 73.4 Å². The van der Waals surface area contributed by atoms with Crippen LogP contribution in [0.15, 0.2) is 42.5 Å². The van der Waals surface area contributed by atoms with E-state index in [0.29, 0.717) is 38.0 Å². The second-order valence-corrected chi connectivity index (χ2v) is 9.40. The number of carbonyl (C=O) groups is 3. The Balaban J connectivity index is 1.30. The predicted octanol–water partition coefficient (Wildman–Crippen LogP) is 5.88. The quantitative estimate of drug-likeness (QED) is 0.457. The van der Waals surface area contributed by atoms with E-state index < -0.39 is 29.8 Å². The van der Waals surface area contributed by atoms with Gasteiger partial charge in [0.1, 0.15) is 6.10 Å². The summed E-state index contributed by atoms with van der Waals surface area (Å²) in [5, 5.41) is 13.7. The zero-order valence-corrected chi connectivity index (χ0v) is 20.0. The van der Waals surface area contributed by atoms with Gasteiger partial charge in [-0.1, -0.05) is 18.2 Å². The molecule has 1 saturated carbocycles. The molecule has 8 nitrogen and oxygen atoms in total. The van der Waals surface area contributed by atoms with Gasteiger partial charge in [0, 0.05) is 25.2 Å². The highest BCUT2D eigenvalue weighted by Crippen LogP contribution is 2.35. The summed E-state index contributed by atoms with van der Waals surface area (Å²) in [7, 11) is 0. The fourth-order valence-corrected chi connectivity index (χ4v) is 4.83. The van der Waals surface area contributed by atoms with Crippen molar-refractivity contribution in [1.29, 1.82) is 0 Å². The molecular formula is C26H28F3N3O5. The van der Waals surface area contributed by atoms with Gasteiger partial charge < -0.3 is 25.4 Å². The molecular weight excluding hydrogens is 491 g/mol. The summed E-state index contributed by atoms with van der Waals surface area (Å²) in [6.45, 7) is 0.767. The normalized spacial score (nSPS) is 19.5. The number of ether oxygens (including phenoxy) is 1. The number of amides is 3. The molecule has 0 saturated heterocycles. The van der Waals surface area contributed by atoms with Crippen molar-refractivity contribution in [3.8, 4) is 0 Å². The Morgan fingerprint density at radius 1 is 1.00 bits per heavy atom. The number of anilines is 2. The van der Waals surface area contributed by atoms with Crippen molar-refractivity contribution in [2.24, 2.45) is 5.92 Å². The van der Waals surface area contributed by atoms with Crippen molar-refractivity contribution in [2.75, 3.05) is 17.2 Å². The number of urea groups is 1. The number of benzene rings is 2. The third kappa shape index (κ3) is 6.93. The van der Waals surface area contributed by atoms with E-state index in [0.717, 1.165) is 30.0 Å². The summed E-state index contributed by atoms with van der Waals surface area (Å²) < 4.78 is 45.1. The molecule has 2 aromatic carbocycles. The highest BCUT2D eigenvalue weighted by Gasteiger charge is 2.33. The maximum atomic E-state index is 13.2. The van der Waals surface area contributed by atoms with Crippen LogP contribution in [0.25, 0.3) is 0 Å². The van der Waals surface area contributed by atoms with Crippen LogP contribution in [0.1, 0.15) is 48.8 Å². The van der Waals surface area contributed by atoms with Crippen LogP contribution in [0.3, 0.4) is 0 Å². The molecule has 0 aromatic heterocycles. The zero-order chi connectivity index (χ0) is 26.6. The molecule has 0 radical (unpaired) electrons. The molecule has 0 spiro atoms. The van der Waals surface area contributed by atoms with Crippen LogP contribution in [-0.2, 0) is 28.7 Å². The number of para-hydroxylation sites is 1. The summed E-state index contributed by atoms with van der Waals surface area (Å²) in [6, 6.07) is 9.09. The van der Waals surface area contributed by atoms with Crippen LogP contribution in [0.4, 0.5) is 34.1 Å². The molecule has 37 heavy (non-hydrogen) atoms. The van der Waals surface area contributed by atoms with Gasteiger partial charge in [0.05, 0.1) is 11.3 Å². The van der Waals surface area contributed by atoms with Gasteiger partial charge in [0.15, 0.2) is 0 Å². The van der Waals surface area contributed by atoms with Crippen molar-refractivity contribution in [3.63, 3.8) is 0 Å². The number of carboxylic acids is 1. The first-order valence-electron chi connectivity index (χ1n) is 12.1. The van der Waals surface area contributed by atoms with Crippen LogP contribution in [-0.4, -0.2) is 40.7 Å². The molecule has 1 aliphatic carbocycles. The Morgan fingerprint density at radius 3 is 2.43 bits per heavy atom. The largest absolute Gasteiger partial charge is 0.481 e. The van der Waals surface area contributed by atoms with Crippen molar-refractivity contribution >= 4 is 29.5 Å². The molecule has 1 aliphatic heterocycles. The number of carbonyl (C=O) groups excluding carboxylic acids is 2. The Morgan fingerprint density at radius 2 is 1.73 bits per heavy atom. The maximum absolute atomic E-state index is 13.2. The van der Waals surface area contributed by atoms with E-state index in [4.69, 9.17) is 9.84 Å². The summed E-state index contributed by atoms with van der Waals surface area (Å²) >= 11 is 0. The fourth-order valence-electron chi connectivity index (χ4n) is 4.83. The van der Waals surface area contributed by atoms with E-state index in [-0.39, 0.29) is 24.1 Å². The number of alkyl halides is 3. The summed E-state index contributed by atoms with van der Waals surface area (Å²) in [4.78, 5) is 37.5. The lowest BCUT2D eigenvalue weighted by Crippen LogP contribution is -2.39. The molecule has 1 fully saturated rings. The average molecular weight is 520 g/mol. The summed E-state index contributed by atoms with van der Waals surface area (Å²) in [5.74, 6) is -0.684. The van der Waals surface area contributed by atoms with Crippen molar-refractivity contribution < 1.29 is 37.4 Å². The number of nitrogens with one attached hydrogen (secondary N) is 2. The highest BCUT2D eigenvalue weighted by atomic mass is 19.4. The van der Waals surface area contributed by atoms with E-state index in [1.54, 1.807) is 23.1 Å². The first-order chi connectivity index (χ1) is 17.6. The van der Waals surface area contributed by atoms with E-state index >= 15 is 0 Å². The molecule has 4 rings (SSSR count). The van der Waals surface area contributed by atoms with E-state index in [1.807, 2.05) is 0 Å². The number of hydrogen-bond donors (Lipinski definition) is 3. The SMILES string of the molecule is O=C(O)C[C@H]1CC[C@H](OC(=O)N2CCc3cc(NC(=O)Nc4ccccc4C(F)(F)F)ccc3C2)CC1. The van der Waals surface area contributed by atoms with Gasteiger partial charge in [0.2, 0.25) is 0 Å². The lowest BCUT2D eigenvalue weighted by molar-refractivity contribution is -0.139. The van der Waals surface area contributed by atoms with Crippen LogP contribution < -0.4 is 10.6 Å². The first-order valence-corrected chi connectivity index (χ1v) is 12.1. The Kier molecular flexibility index (Phi) is 7.89. The molecule has 198 valence electrons. The van der Waals surface area contributed by atoms with Crippen LogP contribution >= 0.6 is 0 Å². The molecule has 3 N–H and O–H groups in total. The topological polar surface area (TPSA) is 108 Å². The lowest BCUT2D eigenvalue weighted by Gasteiger charge is -2.32. The molecule has 2 aromatic rings. The van der Waals surface area contributed by atoms with Gasteiger partial charge in [0.25, 0.3) is 0 Å². The van der Waals surface area contributed by atoms with Crippen LogP contribution in [0, 0.1) is 5.92 Å². The number of aliphatic carboxylic acids is 1. The number of carboxylic acid groups (broad SMARTS) is 1. The number of fused-ring (bicyclic) bond motifs is 1. The van der Waals surface area contributed by atoms with Crippen molar-refractivity contribution in [1.82, 2.24) is 4.90 Å². The van der Waals surface area contributed by atoms with Crippen molar-refractivity contribution in [3.05, 3.63) is 59.2 Å². The minimum Gasteiger partial charge on any atom is -0.481 e. The number of hydrogen-bond acceptors (Lipinski definition) is 4.